The van der Waals surface area contributed by atoms with Gasteiger partial charge in [0.1, 0.15) is 0 Å². The second-order valence-electron chi connectivity index (χ2n) is 5.91. The molecule has 0 atom stereocenters. The zero-order chi connectivity index (χ0) is 17.8. The first kappa shape index (κ1) is 17.3. The first-order chi connectivity index (χ1) is 12.1. The molecular weight excluding hydrogens is 330 g/mol. The summed E-state index contributed by atoms with van der Waals surface area (Å²) in [5.74, 6) is 1.07. The number of anilines is 1. The third-order valence-corrected chi connectivity index (χ3v) is 4.67. The molecule has 3 rings (SSSR count). The maximum Gasteiger partial charge on any atom is 0.237 e. The minimum absolute atomic E-state index is 0.531. The molecule has 5 heteroatoms. The number of hydrogen-bond donors (Lipinski definition) is 1. The Morgan fingerprint density at radius 2 is 1.64 bits per heavy atom. The summed E-state index contributed by atoms with van der Waals surface area (Å²) in [6.45, 7) is 6.25. The van der Waals surface area contributed by atoms with E-state index in [0.29, 0.717) is 11.8 Å². The fraction of sp³-hybridized carbons (Fsp3) is 0.200. The number of rotatable bonds is 5. The van der Waals surface area contributed by atoms with Crippen LogP contribution in [0.3, 0.4) is 0 Å². The van der Waals surface area contributed by atoms with Crippen molar-refractivity contribution in [2.45, 2.75) is 25.7 Å². The SMILES string of the molecule is COc1cc(-c2c(C)cccc2C)nc(NSc2cccc(C)c2)n1. The van der Waals surface area contributed by atoms with E-state index in [-0.39, 0.29) is 0 Å². The molecule has 0 fully saturated rings. The van der Waals surface area contributed by atoms with Crippen molar-refractivity contribution in [3.63, 3.8) is 0 Å². The van der Waals surface area contributed by atoms with Crippen LogP contribution >= 0.6 is 11.9 Å². The van der Waals surface area contributed by atoms with Crippen LogP contribution in [0, 0.1) is 20.8 Å². The van der Waals surface area contributed by atoms with Gasteiger partial charge in [0.25, 0.3) is 0 Å². The summed E-state index contributed by atoms with van der Waals surface area (Å²) in [5, 5.41) is 0. The van der Waals surface area contributed by atoms with Crippen molar-refractivity contribution in [3.05, 3.63) is 65.2 Å². The summed E-state index contributed by atoms with van der Waals surface area (Å²) in [6.07, 6.45) is 0. The highest BCUT2D eigenvalue weighted by Gasteiger charge is 2.11. The molecule has 3 aromatic rings. The van der Waals surface area contributed by atoms with Crippen molar-refractivity contribution in [1.82, 2.24) is 9.97 Å². The highest BCUT2D eigenvalue weighted by Crippen LogP contribution is 2.29. The molecule has 0 aliphatic carbocycles. The quantitative estimate of drug-likeness (QED) is 0.640. The highest BCUT2D eigenvalue weighted by molar-refractivity contribution is 8.00. The van der Waals surface area contributed by atoms with Crippen molar-refractivity contribution < 1.29 is 4.74 Å². The van der Waals surface area contributed by atoms with Gasteiger partial charge in [-0.3, -0.25) is 4.72 Å². The molecular formula is C20H21N3OS. The number of nitrogens with one attached hydrogen (secondary N) is 1. The van der Waals surface area contributed by atoms with Gasteiger partial charge in [0.05, 0.1) is 12.8 Å². The van der Waals surface area contributed by atoms with Crippen molar-refractivity contribution in [2.75, 3.05) is 11.8 Å². The highest BCUT2D eigenvalue weighted by atomic mass is 32.2. The minimum atomic E-state index is 0.531. The van der Waals surface area contributed by atoms with E-state index in [4.69, 9.17) is 4.74 Å². The van der Waals surface area contributed by atoms with Crippen LogP contribution in [-0.4, -0.2) is 17.1 Å². The van der Waals surface area contributed by atoms with Crippen LogP contribution in [0.5, 0.6) is 5.88 Å². The van der Waals surface area contributed by atoms with Gasteiger partial charge < -0.3 is 4.74 Å². The molecule has 0 radical (unpaired) electrons. The number of ether oxygens (including phenoxy) is 1. The van der Waals surface area contributed by atoms with Gasteiger partial charge in [-0.1, -0.05) is 30.3 Å². The molecule has 0 bridgehead atoms. The molecule has 0 amide bonds. The van der Waals surface area contributed by atoms with E-state index in [2.05, 4.69) is 71.9 Å². The molecule has 0 unspecified atom stereocenters. The van der Waals surface area contributed by atoms with E-state index in [0.717, 1.165) is 16.2 Å². The van der Waals surface area contributed by atoms with Gasteiger partial charge >= 0.3 is 0 Å². The standard InChI is InChI=1S/C20H21N3OS/c1-13-7-5-10-16(11-13)25-23-20-21-17(12-18(22-20)24-4)19-14(2)8-6-9-15(19)3/h5-12H,1-4H3,(H,21,22,23). The summed E-state index contributed by atoms with van der Waals surface area (Å²) in [6, 6.07) is 16.4. The van der Waals surface area contributed by atoms with Gasteiger partial charge in [-0.05, 0) is 61.5 Å². The average molecular weight is 351 g/mol. The number of nitrogens with zero attached hydrogens (tertiary/aromatic N) is 2. The summed E-state index contributed by atoms with van der Waals surface area (Å²) in [5.41, 5.74) is 5.55. The van der Waals surface area contributed by atoms with Crippen LogP contribution in [-0.2, 0) is 0 Å². The summed E-state index contributed by atoms with van der Waals surface area (Å²) in [7, 11) is 1.62. The van der Waals surface area contributed by atoms with Crippen LogP contribution in [0.2, 0.25) is 0 Å². The molecule has 1 N–H and O–H groups in total. The second kappa shape index (κ2) is 7.57. The van der Waals surface area contributed by atoms with Crippen molar-refractivity contribution in [3.8, 4) is 17.1 Å². The maximum absolute atomic E-state index is 5.37. The first-order valence-corrected chi connectivity index (χ1v) is 8.87. The molecule has 25 heavy (non-hydrogen) atoms. The van der Waals surface area contributed by atoms with Crippen LogP contribution in [0.15, 0.2) is 53.4 Å². The van der Waals surface area contributed by atoms with E-state index >= 15 is 0 Å². The molecule has 128 valence electrons. The van der Waals surface area contributed by atoms with Gasteiger partial charge in [0.2, 0.25) is 11.8 Å². The Hall–Kier alpha value is -2.53. The second-order valence-corrected chi connectivity index (χ2v) is 6.79. The van der Waals surface area contributed by atoms with Crippen molar-refractivity contribution in [2.24, 2.45) is 0 Å². The van der Waals surface area contributed by atoms with Gasteiger partial charge in [0, 0.05) is 16.5 Å². The largest absolute Gasteiger partial charge is 0.481 e. The monoisotopic (exact) mass is 351 g/mol. The predicted octanol–water partition coefficient (Wildman–Crippen LogP) is 5.20. The molecule has 0 aliphatic heterocycles. The lowest BCUT2D eigenvalue weighted by molar-refractivity contribution is 0.398. The number of aromatic nitrogens is 2. The van der Waals surface area contributed by atoms with Crippen molar-refractivity contribution in [1.29, 1.82) is 0 Å². The van der Waals surface area contributed by atoms with Crippen LogP contribution in [0.25, 0.3) is 11.3 Å². The zero-order valence-corrected chi connectivity index (χ0v) is 15.6. The summed E-state index contributed by atoms with van der Waals surface area (Å²) < 4.78 is 8.59. The smallest absolute Gasteiger partial charge is 0.237 e. The number of methoxy groups -OCH3 is 1. The van der Waals surface area contributed by atoms with Crippen LogP contribution in [0.1, 0.15) is 16.7 Å². The third kappa shape index (κ3) is 4.12. The first-order valence-electron chi connectivity index (χ1n) is 8.06. The Morgan fingerprint density at radius 3 is 2.32 bits per heavy atom. The number of benzene rings is 2. The van der Waals surface area contributed by atoms with E-state index in [1.165, 1.54) is 28.6 Å². The van der Waals surface area contributed by atoms with Gasteiger partial charge in [0.15, 0.2) is 0 Å². The Labute approximate surface area is 152 Å². The van der Waals surface area contributed by atoms with E-state index in [1.54, 1.807) is 7.11 Å². The normalized spacial score (nSPS) is 10.6. The fourth-order valence-electron chi connectivity index (χ4n) is 2.71. The molecule has 0 saturated heterocycles. The lowest BCUT2D eigenvalue weighted by atomic mass is 10.00. The summed E-state index contributed by atoms with van der Waals surface area (Å²) >= 11 is 1.49. The predicted molar refractivity (Wildman–Crippen MR) is 104 cm³/mol. The van der Waals surface area contributed by atoms with Crippen LogP contribution < -0.4 is 9.46 Å². The topological polar surface area (TPSA) is 47.0 Å². The van der Waals surface area contributed by atoms with Crippen LogP contribution in [0.4, 0.5) is 5.95 Å². The lowest BCUT2D eigenvalue weighted by Gasteiger charge is -2.12. The molecule has 1 heterocycles. The number of aryl methyl sites for hydroxylation is 3. The molecule has 4 nitrogen and oxygen atoms in total. The molecule has 0 saturated carbocycles. The Morgan fingerprint density at radius 1 is 0.920 bits per heavy atom. The zero-order valence-electron chi connectivity index (χ0n) is 14.8. The van der Waals surface area contributed by atoms with Crippen molar-refractivity contribution >= 4 is 17.9 Å². The molecule has 0 spiro atoms. The van der Waals surface area contributed by atoms with E-state index in [1.807, 2.05) is 12.1 Å². The Bertz CT molecular complexity index is 876. The maximum atomic E-state index is 5.37. The van der Waals surface area contributed by atoms with Gasteiger partial charge in [-0.25, -0.2) is 4.98 Å². The van der Waals surface area contributed by atoms with Gasteiger partial charge in [-0.2, -0.15) is 4.98 Å². The molecule has 1 aromatic heterocycles. The third-order valence-electron chi connectivity index (χ3n) is 3.90. The van der Waals surface area contributed by atoms with E-state index in [9.17, 15) is 0 Å². The summed E-state index contributed by atoms with van der Waals surface area (Å²) in [4.78, 5) is 10.2. The number of hydrogen-bond acceptors (Lipinski definition) is 5. The lowest BCUT2D eigenvalue weighted by Crippen LogP contribution is -2.00. The molecule has 2 aromatic carbocycles. The van der Waals surface area contributed by atoms with E-state index < -0.39 is 0 Å². The molecule has 0 aliphatic rings. The average Bonchev–Trinajstić information content (AvgIpc) is 2.60. The minimum Gasteiger partial charge on any atom is -0.481 e. The fourth-order valence-corrected chi connectivity index (χ4v) is 3.40. The Kier molecular flexibility index (Phi) is 5.24. The Balaban J connectivity index is 1.93. The van der Waals surface area contributed by atoms with Gasteiger partial charge in [-0.15, -0.1) is 0 Å².